The molecule has 8 nitrogen and oxygen atoms in total. The summed E-state index contributed by atoms with van der Waals surface area (Å²) in [6.45, 7) is 10.7. The molecule has 1 atom stereocenters. The number of likely N-dealkylation sites (tertiary alicyclic amines) is 1. The highest BCUT2D eigenvalue weighted by Crippen LogP contribution is 2.27. The summed E-state index contributed by atoms with van der Waals surface area (Å²) in [7, 11) is -3.25. The van der Waals surface area contributed by atoms with Crippen molar-refractivity contribution in [2.45, 2.75) is 56.5 Å². The second-order valence-corrected chi connectivity index (χ2v) is 13.1. The van der Waals surface area contributed by atoms with Crippen LogP contribution in [0.25, 0.3) is 0 Å². The summed E-state index contributed by atoms with van der Waals surface area (Å²) in [6, 6.07) is 17.9. The molecule has 0 N–H and O–H groups in total. The maximum atomic E-state index is 13.2. The number of benzene rings is 2. The smallest absolute Gasteiger partial charge is 0.227 e. The number of hydrogen-bond donors (Lipinski definition) is 0. The summed E-state index contributed by atoms with van der Waals surface area (Å²) < 4.78 is 23.5. The monoisotopic (exact) mass is 568 g/mol. The molecular weight excluding hydrogens is 524 g/mol. The fraction of sp³-hybridized carbons (Fsp3) is 0.548. The quantitative estimate of drug-likeness (QED) is 0.438. The van der Waals surface area contributed by atoms with Crippen LogP contribution >= 0.6 is 0 Å². The molecular formula is C31H44N4O4S. The van der Waals surface area contributed by atoms with Crippen molar-refractivity contribution in [3.63, 3.8) is 0 Å². The van der Waals surface area contributed by atoms with Crippen molar-refractivity contribution in [2.24, 2.45) is 0 Å². The topological polar surface area (TPSA) is 81.2 Å². The van der Waals surface area contributed by atoms with Gasteiger partial charge >= 0.3 is 0 Å². The zero-order chi connectivity index (χ0) is 28.7. The van der Waals surface area contributed by atoms with Gasteiger partial charge in [0.05, 0.1) is 11.3 Å². The number of sulfone groups is 1. The molecule has 40 heavy (non-hydrogen) atoms. The number of piperidine rings is 1. The van der Waals surface area contributed by atoms with Crippen molar-refractivity contribution in [1.82, 2.24) is 19.6 Å². The van der Waals surface area contributed by atoms with Crippen LogP contribution in [0.3, 0.4) is 0 Å². The minimum atomic E-state index is -3.25. The average molecular weight is 569 g/mol. The van der Waals surface area contributed by atoms with Crippen LogP contribution in [-0.4, -0.2) is 104 Å². The van der Waals surface area contributed by atoms with E-state index in [-0.39, 0.29) is 29.2 Å². The second-order valence-electron chi connectivity index (χ2n) is 11.1. The number of likely N-dealkylation sites (N-methyl/N-ethyl adjacent to an activating group) is 1. The molecule has 1 unspecified atom stereocenters. The third-order valence-electron chi connectivity index (χ3n) is 8.47. The lowest BCUT2D eigenvalue weighted by molar-refractivity contribution is -0.133. The maximum Gasteiger partial charge on any atom is 0.227 e. The highest BCUT2D eigenvalue weighted by Gasteiger charge is 2.29. The molecule has 2 fully saturated rings. The van der Waals surface area contributed by atoms with Gasteiger partial charge in [0.1, 0.15) is 0 Å². The lowest BCUT2D eigenvalue weighted by atomic mass is 9.98. The Kier molecular flexibility index (Phi) is 10.4. The van der Waals surface area contributed by atoms with Gasteiger partial charge in [0.2, 0.25) is 11.8 Å². The summed E-state index contributed by atoms with van der Waals surface area (Å²) in [4.78, 5) is 34.3. The zero-order valence-electron chi connectivity index (χ0n) is 24.2. The minimum absolute atomic E-state index is 0.0990. The van der Waals surface area contributed by atoms with Crippen LogP contribution in [0, 0.1) is 0 Å². The Balaban J connectivity index is 1.30. The van der Waals surface area contributed by atoms with Crippen LogP contribution in [0.5, 0.6) is 0 Å². The fourth-order valence-electron chi connectivity index (χ4n) is 6.11. The van der Waals surface area contributed by atoms with Crippen molar-refractivity contribution in [1.29, 1.82) is 0 Å². The largest absolute Gasteiger partial charge is 0.340 e. The SMILES string of the molecule is CCN(C(=O)Cc1ccc(S(C)(=O)=O)cc1)C1CCN(CCC(c2ccccc2)N2CCN(C(C)=O)CC2)CC1. The molecule has 2 amide bonds. The summed E-state index contributed by atoms with van der Waals surface area (Å²) in [5.41, 5.74) is 2.17. The number of amides is 2. The number of carbonyl (C=O) groups is 2. The van der Waals surface area contributed by atoms with E-state index in [0.717, 1.165) is 70.6 Å². The molecule has 2 aliphatic heterocycles. The van der Waals surface area contributed by atoms with Gasteiger partial charge in [-0.1, -0.05) is 42.5 Å². The first kappa shape index (κ1) is 30.2. The summed E-state index contributed by atoms with van der Waals surface area (Å²) >= 11 is 0. The Morgan fingerprint density at radius 2 is 1.55 bits per heavy atom. The molecule has 2 heterocycles. The van der Waals surface area contributed by atoms with Crippen molar-refractivity contribution >= 4 is 21.7 Å². The number of carbonyl (C=O) groups excluding carboxylic acids is 2. The number of piperazine rings is 1. The fourth-order valence-corrected chi connectivity index (χ4v) is 6.74. The molecule has 2 aromatic carbocycles. The van der Waals surface area contributed by atoms with Crippen LogP contribution in [-0.2, 0) is 25.8 Å². The summed E-state index contributed by atoms with van der Waals surface area (Å²) in [5.74, 6) is 0.255. The van der Waals surface area contributed by atoms with Crippen LogP contribution in [0.4, 0.5) is 0 Å². The van der Waals surface area contributed by atoms with Gasteiger partial charge in [0.25, 0.3) is 0 Å². The average Bonchev–Trinajstić information content (AvgIpc) is 2.95. The second kappa shape index (κ2) is 13.7. The maximum absolute atomic E-state index is 13.2. The summed E-state index contributed by atoms with van der Waals surface area (Å²) in [6.07, 6.45) is 4.43. The van der Waals surface area contributed by atoms with Gasteiger partial charge in [-0.25, -0.2) is 8.42 Å². The number of hydrogen-bond acceptors (Lipinski definition) is 6. The number of nitrogens with zero attached hydrogens (tertiary/aromatic N) is 4. The first-order valence-electron chi connectivity index (χ1n) is 14.5. The molecule has 0 aliphatic carbocycles. The Morgan fingerprint density at radius 3 is 2.10 bits per heavy atom. The molecule has 0 bridgehead atoms. The van der Waals surface area contributed by atoms with E-state index in [4.69, 9.17) is 0 Å². The number of rotatable bonds is 10. The Bertz CT molecular complexity index is 1220. The lowest BCUT2D eigenvalue weighted by Crippen LogP contribution is -2.50. The van der Waals surface area contributed by atoms with Gasteiger partial charge in [-0.15, -0.1) is 0 Å². The van der Waals surface area contributed by atoms with Crippen LogP contribution in [0.15, 0.2) is 59.5 Å². The van der Waals surface area contributed by atoms with Crippen LogP contribution in [0.2, 0.25) is 0 Å². The van der Waals surface area contributed by atoms with E-state index in [9.17, 15) is 18.0 Å². The van der Waals surface area contributed by atoms with E-state index in [0.29, 0.717) is 12.6 Å². The van der Waals surface area contributed by atoms with E-state index in [2.05, 4.69) is 40.1 Å². The van der Waals surface area contributed by atoms with Gasteiger partial charge in [-0.2, -0.15) is 0 Å². The van der Waals surface area contributed by atoms with E-state index >= 15 is 0 Å². The Hall–Kier alpha value is -2.75. The first-order chi connectivity index (χ1) is 19.2. The Labute approximate surface area is 239 Å². The standard InChI is InChI=1S/C31H44N4O4S/c1-4-35(31(37)24-26-10-12-29(13-11-26)40(3,38)39)28-14-17-32(18-15-28)19-16-30(27-8-6-5-7-9-27)34-22-20-33(21-23-34)25(2)36/h5-13,28,30H,4,14-24H2,1-3H3. The molecule has 4 rings (SSSR count). The first-order valence-corrected chi connectivity index (χ1v) is 16.4. The van der Waals surface area contributed by atoms with E-state index in [1.807, 2.05) is 16.7 Å². The molecule has 218 valence electrons. The van der Waals surface area contributed by atoms with E-state index < -0.39 is 9.84 Å². The summed E-state index contributed by atoms with van der Waals surface area (Å²) in [5, 5.41) is 0. The zero-order valence-corrected chi connectivity index (χ0v) is 25.0. The molecule has 0 saturated carbocycles. The van der Waals surface area contributed by atoms with E-state index in [1.165, 1.54) is 11.8 Å². The molecule has 0 aromatic heterocycles. The highest BCUT2D eigenvalue weighted by atomic mass is 32.2. The predicted molar refractivity (Wildman–Crippen MR) is 158 cm³/mol. The van der Waals surface area contributed by atoms with Crippen LogP contribution < -0.4 is 0 Å². The third kappa shape index (κ3) is 7.92. The van der Waals surface area contributed by atoms with E-state index in [1.54, 1.807) is 31.2 Å². The molecule has 2 saturated heterocycles. The molecule has 2 aliphatic rings. The Morgan fingerprint density at radius 1 is 0.925 bits per heavy atom. The molecule has 9 heteroatoms. The molecule has 2 aromatic rings. The minimum Gasteiger partial charge on any atom is -0.340 e. The van der Waals surface area contributed by atoms with Gasteiger partial charge < -0.3 is 14.7 Å². The molecule has 0 radical (unpaired) electrons. The van der Waals surface area contributed by atoms with Gasteiger partial charge in [0.15, 0.2) is 9.84 Å². The predicted octanol–water partition coefficient (Wildman–Crippen LogP) is 3.24. The van der Waals surface area contributed by atoms with Crippen molar-refractivity contribution < 1.29 is 18.0 Å². The van der Waals surface area contributed by atoms with Crippen molar-refractivity contribution in [3.8, 4) is 0 Å². The van der Waals surface area contributed by atoms with Crippen LogP contribution in [0.1, 0.15) is 50.3 Å². The normalized spacial score (nSPS) is 18.4. The highest BCUT2D eigenvalue weighted by molar-refractivity contribution is 7.90. The van der Waals surface area contributed by atoms with Gasteiger partial charge in [-0.05, 0) is 56.0 Å². The van der Waals surface area contributed by atoms with Gasteiger partial charge in [0, 0.05) is 71.1 Å². The van der Waals surface area contributed by atoms with Crippen molar-refractivity contribution in [2.75, 3.05) is 58.6 Å². The van der Waals surface area contributed by atoms with Crippen molar-refractivity contribution in [3.05, 3.63) is 65.7 Å². The van der Waals surface area contributed by atoms with Gasteiger partial charge in [-0.3, -0.25) is 14.5 Å². The third-order valence-corrected chi connectivity index (χ3v) is 9.60. The lowest BCUT2D eigenvalue weighted by Gasteiger charge is -2.41. The molecule has 0 spiro atoms.